The largest absolute Gasteiger partial charge is 0.497 e. The summed E-state index contributed by atoms with van der Waals surface area (Å²) in [6, 6.07) is 5.28. The lowest BCUT2D eigenvalue weighted by molar-refractivity contribution is -0.128. The fraction of sp³-hybridized carbons (Fsp3) is 0.579. The highest BCUT2D eigenvalue weighted by Crippen LogP contribution is 2.33. The average Bonchev–Trinajstić information content (AvgIpc) is 2.68. The summed E-state index contributed by atoms with van der Waals surface area (Å²) in [5.74, 6) is 1.12. The molecule has 0 bridgehead atoms. The Bertz CT molecular complexity index is 612. The van der Waals surface area contributed by atoms with Gasteiger partial charge < -0.3 is 24.8 Å². The standard InChI is InChI=1S/C19H28N2O5/c1-24-11-10-20-18(22)13-4-6-14(7-5-13)19(23)21-16-12-15(25-2)8-9-17(16)26-3/h8-9,12-14H,4-7,10-11H2,1-3H3,(H,20,22)(H,21,23). The van der Waals surface area contributed by atoms with Crippen LogP contribution in [0.3, 0.4) is 0 Å². The number of methoxy groups -OCH3 is 3. The van der Waals surface area contributed by atoms with E-state index in [2.05, 4.69) is 10.6 Å². The molecule has 1 fully saturated rings. The highest BCUT2D eigenvalue weighted by Gasteiger charge is 2.30. The van der Waals surface area contributed by atoms with E-state index in [4.69, 9.17) is 14.2 Å². The molecule has 0 atom stereocenters. The van der Waals surface area contributed by atoms with Gasteiger partial charge in [0.15, 0.2) is 0 Å². The van der Waals surface area contributed by atoms with Crippen LogP contribution in [-0.4, -0.2) is 46.3 Å². The molecular weight excluding hydrogens is 336 g/mol. The lowest BCUT2D eigenvalue weighted by atomic mass is 9.81. The molecule has 0 aromatic heterocycles. The molecule has 1 aliphatic rings. The fourth-order valence-electron chi connectivity index (χ4n) is 3.18. The summed E-state index contributed by atoms with van der Waals surface area (Å²) in [5, 5.41) is 5.80. The summed E-state index contributed by atoms with van der Waals surface area (Å²) in [6.45, 7) is 1.03. The van der Waals surface area contributed by atoms with Gasteiger partial charge in [-0.1, -0.05) is 0 Å². The number of anilines is 1. The lowest BCUT2D eigenvalue weighted by Gasteiger charge is -2.27. The maximum atomic E-state index is 12.6. The number of benzene rings is 1. The molecule has 1 saturated carbocycles. The van der Waals surface area contributed by atoms with Crippen LogP contribution in [-0.2, 0) is 14.3 Å². The summed E-state index contributed by atoms with van der Waals surface area (Å²) in [5.41, 5.74) is 0.594. The van der Waals surface area contributed by atoms with Crippen molar-refractivity contribution in [2.75, 3.05) is 39.8 Å². The fourth-order valence-corrected chi connectivity index (χ4v) is 3.18. The van der Waals surface area contributed by atoms with Gasteiger partial charge in [-0.15, -0.1) is 0 Å². The number of hydrogen-bond acceptors (Lipinski definition) is 5. The van der Waals surface area contributed by atoms with E-state index in [1.54, 1.807) is 39.5 Å². The van der Waals surface area contributed by atoms with Crippen LogP contribution in [0.5, 0.6) is 11.5 Å². The normalized spacial score (nSPS) is 19.5. The summed E-state index contributed by atoms with van der Waals surface area (Å²) >= 11 is 0. The van der Waals surface area contributed by atoms with Crippen molar-refractivity contribution in [2.45, 2.75) is 25.7 Å². The molecular formula is C19H28N2O5. The molecule has 2 rings (SSSR count). The molecule has 0 saturated heterocycles. The molecule has 0 aliphatic heterocycles. The molecule has 0 spiro atoms. The molecule has 0 unspecified atom stereocenters. The second-order valence-corrected chi connectivity index (χ2v) is 6.39. The summed E-state index contributed by atoms with van der Waals surface area (Å²) < 4.78 is 15.4. The van der Waals surface area contributed by atoms with Crippen molar-refractivity contribution < 1.29 is 23.8 Å². The van der Waals surface area contributed by atoms with E-state index in [1.165, 1.54) is 0 Å². The number of nitrogens with one attached hydrogen (secondary N) is 2. The van der Waals surface area contributed by atoms with Gasteiger partial charge in [0.25, 0.3) is 0 Å². The zero-order chi connectivity index (χ0) is 18.9. The van der Waals surface area contributed by atoms with E-state index < -0.39 is 0 Å². The molecule has 0 heterocycles. The van der Waals surface area contributed by atoms with Gasteiger partial charge in [-0.25, -0.2) is 0 Å². The molecule has 0 radical (unpaired) electrons. The van der Waals surface area contributed by atoms with Gasteiger partial charge in [0, 0.05) is 31.6 Å². The van der Waals surface area contributed by atoms with Gasteiger partial charge >= 0.3 is 0 Å². The molecule has 144 valence electrons. The quantitative estimate of drug-likeness (QED) is 0.691. The van der Waals surface area contributed by atoms with Crippen LogP contribution in [0.25, 0.3) is 0 Å². The Morgan fingerprint density at radius 3 is 2.23 bits per heavy atom. The van der Waals surface area contributed by atoms with E-state index in [-0.39, 0.29) is 23.7 Å². The second kappa shape index (κ2) is 10.0. The van der Waals surface area contributed by atoms with Crippen molar-refractivity contribution >= 4 is 17.5 Å². The number of carbonyl (C=O) groups excluding carboxylic acids is 2. The lowest BCUT2D eigenvalue weighted by Crippen LogP contribution is -2.36. The smallest absolute Gasteiger partial charge is 0.227 e. The third-order valence-corrected chi connectivity index (χ3v) is 4.74. The van der Waals surface area contributed by atoms with Crippen LogP contribution >= 0.6 is 0 Å². The SMILES string of the molecule is COCCNC(=O)C1CCC(C(=O)Nc2cc(OC)ccc2OC)CC1. The maximum absolute atomic E-state index is 12.6. The van der Waals surface area contributed by atoms with E-state index >= 15 is 0 Å². The minimum atomic E-state index is -0.103. The molecule has 2 N–H and O–H groups in total. The van der Waals surface area contributed by atoms with E-state index in [9.17, 15) is 9.59 Å². The van der Waals surface area contributed by atoms with Gasteiger partial charge in [-0.2, -0.15) is 0 Å². The first-order chi connectivity index (χ1) is 12.6. The van der Waals surface area contributed by atoms with Crippen LogP contribution in [0.1, 0.15) is 25.7 Å². The van der Waals surface area contributed by atoms with Gasteiger partial charge in [0.2, 0.25) is 11.8 Å². The highest BCUT2D eigenvalue weighted by atomic mass is 16.5. The summed E-state index contributed by atoms with van der Waals surface area (Å²) in [6.07, 6.45) is 2.82. The van der Waals surface area contributed by atoms with Crippen molar-refractivity contribution in [1.29, 1.82) is 0 Å². The summed E-state index contributed by atoms with van der Waals surface area (Å²) in [7, 11) is 4.74. The average molecular weight is 364 g/mol. The van der Waals surface area contributed by atoms with Gasteiger partial charge in [-0.05, 0) is 37.8 Å². The number of amides is 2. The van der Waals surface area contributed by atoms with Crippen LogP contribution in [0, 0.1) is 11.8 Å². The third kappa shape index (κ3) is 5.36. The molecule has 7 nitrogen and oxygen atoms in total. The van der Waals surface area contributed by atoms with Crippen molar-refractivity contribution in [2.24, 2.45) is 11.8 Å². The third-order valence-electron chi connectivity index (χ3n) is 4.74. The molecule has 7 heteroatoms. The molecule has 1 aromatic rings. The molecule has 2 amide bonds. The molecule has 1 aliphatic carbocycles. The Balaban J connectivity index is 1.88. The van der Waals surface area contributed by atoms with Crippen LogP contribution < -0.4 is 20.1 Å². The zero-order valence-corrected chi connectivity index (χ0v) is 15.7. The molecule has 1 aromatic carbocycles. The monoisotopic (exact) mass is 364 g/mol. The predicted octanol–water partition coefficient (Wildman–Crippen LogP) is 2.21. The maximum Gasteiger partial charge on any atom is 0.227 e. The van der Waals surface area contributed by atoms with Crippen molar-refractivity contribution in [1.82, 2.24) is 5.32 Å². The summed E-state index contributed by atoms with van der Waals surface area (Å²) in [4.78, 5) is 24.7. The Morgan fingerprint density at radius 1 is 1.00 bits per heavy atom. The Hall–Kier alpha value is -2.28. The van der Waals surface area contributed by atoms with E-state index in [1.807, 2.05) is 0 Å². The van der Waals surface area contributed by atoms with E-state index in [0.29, 0.717) is 56.0 Å². The van der Waals surface area contributed by atoms with Crippen LogP contribution in [0.15, 0.2) is 18.2 Å². The zero-order valence-electron chi connectivity index (χ0n) is 15.7. The minimum absolute atomic E-state index is 0.0257. The van der Waals surface area contributed by atoms with Gasteiger partial charge in [0.1, 0.15) is 11.5 Å². The van der Waals surface area contributed by atoms with Crippen LogP contribution in [0.4, 0.5) is 5.69 Å². The van der Waals surface area contributed by atoms with Gasteiger partial charge in [0.05, 0.1) is 26.5 Å². The number of hydrogen-bond donors (Lipinski definition) is 2. The van der Waals surface area contributed by atoms with E-state index in [0.717, 1.165) is 0 Å². The van der Waals surface area contributed by atoms with Crippen molar-refractivity contribution in [3.8, 4) is 11.5 Å². The van der Waals surface area contributed by atoms with Gasteiger partial charge in [-0.3, -0.25) is 9.59 Å². The first kappa shape index (κ1) is 20.0. The number of ether oxygens (including phenoxy) is 3. The number of rotatable bonds is 8. The minimum Gasteiger partial charge on any atom is -0.497 e. The first-order valence-electron chi connectivity index (χ1n) is 8.88. The topological polar surface area (TPSA) is 85.9 Å². The number of carbonyl (C=O) groups is 2. The first-order valence-corrected chi connectivity index (χ1v) is 8.88. The van der Waals surface area contributed by atoms with Crippen molar-refractivity contribution in [3.05, 3.63) is 18.2 Å². The Labute approximate surface area is 154 Å². The van der Waals surface area contributed by atoms with Crippen LogP contribution in [0.2, 0.25) is 0 Å². The second-order valence-electron chi connectivity index (χ2n) is 6.39. The van der Waals surface area contributed by atoms with Crippen molar-refractivity contribution in [3.63, 3.8) is 0 Å². The highest BCUT2D eigenvalue weighted by molar-refractivity contribution is 5.94. The molecule has 26 heavy (non-hydrogen) atoms. The Morgan fingerprint density at radius 2 is 1.65 bits per heavy atom. The predicted molar refractivity (Wildman–Crippen MR) is 98.5 cm³/mol. The Kier molecular flexibility index (Phi) is 7.72.